The van der Waals surface area contributed by atoms with Crippen LogP contribution in [0.3, 0.4) is 0 Å². The first kappa shape index (κ1) is 10.3. The maximum absolute atomic E-state index is 12.7. The zero-order valence-corrected chi connectivity index (χ0v) is 7.61. The molecule has 1 aliphatic carbocycles. The summed E-state index contributed by atoms with van der Waals surface area (Å²) in [6.07, 6.45) is 3.80. The smallest absolute Gasteiger partial charge is 0.306 e. The number of allylic oxidation sites excluding steroid dienone is 4. The van der Waals surface area contributed by atoms with Crippen LogP contribution in [0.2, 0.25) is 0 Å². The van der Waals surface area contributed by atoms with E-state index in [1.165, 1.54) is 19.3 Å². The second-order valence-electron chi connectivity index (χ2n) is 2.80. The van der Waals surface area contributed by atoms with Gasteiger partial charge in [-0.05, 0) is 6.08 Å². The Bertz CT molecular complexity index is 354. The van der Waals surface area contributed by atoms with E-state index in [0.717, 1.165) is 6.08 Å². The molecule has 0 heterocycles. The summed E-state index contributed by atoms with van der Waals surface area (Å²) in [5.74, 6) is -1.36. The van der Waals surface area contributed by atoms with Gasteiger partial charge in [0.05, 0.1) is 25.5 Å². The Morgan fingerprint density at radius 1 is 1.79 bits per heavy atom. The number of methoxy groups -OCH3 is 1. The molecule has 0 aliphatic heterocycles. The Labute approximate surface area is 80.3 Å². The first-order valence-corrected chi connectivity index (χ1v) is 4.01. The van der Waals surface area contributed by atoms with Gasteiger partial charge in [-0.15, -0.1) is 0 Å². The molecule has 1 rings (SSSR count). The van der Waals surface area contributed by atoms with Crippen LogP contribution < -0.4 is 0 Å². The Morgan fingerprint density at radius 2 is 2.50 bits per heavy atom. The maximum atomic E-state index is 12.7. The summed E-state index contributed by atoms with van der Waals surface area (Å²) in [6, 6.07) is 0. The number of carbonyl (C=O) groups excluding carboxylic acids is 1. The molecule has 1 aliphatic rings. The standard InChI is InChI=1S/C9H9FN2O2/c1-14-9(13)4-6-2-3-7(10)5-8(6)12-11/h2-3,5-6H,4H2,1H3. The Hall–Kier alpha value is -1.74. The summed E-state index contributed by atoms with van der Waals surface area (Å²) < 4.78 is 17.1. The van der Waals surface area contributed by atoms with E-state index in [-0.39, 0.29) is 12.1 Å². The first-order chi connectivity index (χ1) is 6.67. The molecule has 0 aromatic heterocycles. The van der Waals surface area contributed by atoms with Crippen LogP contribution in [0, 0.1) is 5.92 Å². The third kappa shape index (κ3) is 2.37. The van der Waals surface area contributed by atoms with Crippen LogP contribution >= 0.6 is 0 Å². The molecule has 0 bridgehead atoms. The molecule has 0 radical (unpaired) electrons. The Kier molecular flexibility index (Phi) is 3.31. The molecule has 0 amide bonds. The van der Waals surface area contributed by atoms with Gasteiger partial charge in [0.15, 0.2) is 0 Å². The van der Waals surface area contributed by atoms with Gasteiger partial charge in [-0.1, -0.05) is 6.08 Å². The average Bonchev–Trinajstić information content (AvgIpc) is 2.20. The molecular weight excluding hydrogens is 187 g/mol. The summed E-state index contributed by atoms with van der Waals surface area (Å²) in [4.78, 5) is 13.8. The van der Waals surface area contributed by atoms with Crippen molar-refractivity contribution in [3.05, 3.63) is 29.6 Å². The molecule has 1 unspecified atom stereocenters. The average molecular weight is 196 g/mol. The highest BCUT2D eigenvalue weighted by molar-refractivity contribution is 5.97. The first-order valence-electron chi connectivity index (χ1n) is 4.01. The molecular formula is C9H9FN2O2. The minimum Gasteiger partial charge on any atom is -0.469 e. The van der Waals surface area contributed by atoms with Crippen molar-refractivity contribution in [2.45, 2.75) is 6.42 Å². The fourth-order valence-corrected chi connectivity index (χ4v) is 1.14. The Morgan fingerprint density at radius 3 is 3.07 bits per heavy atom. The number of ether oxygens (including phenoxy) is 1. The van der Waals surface area contributed by atoms with Crippen molar-refractivity contribution in [3.8, 4) is 0 Å². The second-order valence-corrected chi connectivity index (χ2v) is 2.80. The number of hydrogen-bond acceptors (Lipinski definition) is 2. The number of rotatable bonds is 2. The minimum absolute atomic E-state index is 0.0379. The molecule has 0 aromatic carbocycles. The van der Waals surface area contributed by atoms with E-state index in [0.29, 0.717) is 0 Å². The van der Waals surface area contributed by atoms with Crippen LogP contribution in [-0.4, -0.2) is 23.6 Å². The quantitative estimate of drug-likeness (QED) is 0.379. The van der Waals surface area contributed by atoms with E-state index in [1.54, 1.807) is 0 Å². The molecule has 0 saturated heterocycles. The third-order valence-corrected chi connectivity index (χ3v) is 1.88. The van der Waals surface area contributed by atoms with Gasteiger partial charge in [0, 0.05) is 0 Å². The van der Waals surface area contributed by atoms with Gasteiger partial charge in [0.1, 0.15) is 5.83 Å². The monoisotopic (exact) mass is 196 g/mol. The molecule has 0 spiro atoms. The van der Waals surface area contributed by atoms with Gasteiger partial charge in [0.2, 0.25) is 0 Å². The van der Waals surface area contributed by atoms with Gasteiger partial charge < -0.3 is 10.3 Å². The fourth-order valence-electron chi connectivity index (χ4n) is 1.14. The summed E-state index contributed by atoms with van der Waals surface area (Å²) in [5, 5.41) is 0. The molecule has 74 valence electrons. The van der Waals surface area contributed by atoms with Crippen LogP contribution in [0.4, 0.5) is 4.39 Å². The lowest BCUT2D eigenvalue weighted by molar-refractivity contribution is -0.141. The molecule has 1 atom stereocenters. The summed E-state index contributed by atoms with van der Waals surface area (Å²) in [6.45, 7) is 0. The van der Waals surface area contributed by atoms with Crippen molar-refractivity contribution in [2.75, 3.05) is 7.11 Å². The summed E-state index contributed by atoms with van der Waals surface area (Å²) in [5.41, 5.74) is 8.68. The Balaban J connectivity index is 2.77. The number of hydrogen-bond donors (Lipinski definition) is 0. The maximum Gasteiger partial charge on any atom is 0.306 e. The molecule has 14 heavy (non-hydrogen) atoms. The van der Waals surface area contributed by atoms with Gasteiger partial charge in [-0.3, -0.25) is 4.79 Å². The van der Waals surface area contributed by atoms with Crippen LogP contribution in [0.1, 0.15) is 6.42 Å². The number of nitrogens with zero attached hydrogens (tertiary/aromatic N) is 2. The van der Waals surface area contributed by atoms with Gasteiger partial charge in [-0.2, -0.15) is 4.79 Å². The van der Waals surface area contributed by atoms with Crippen molar-refractivity contribution in [2.24, 2.45) is 5.92 Å². The van der Waals surface area contributed by atoms with Crippen molar-refractivity contribution in [3.63, 3.8) is 0 Å². The highest BCUT2D eigenvalue weighted by Gasteiger charge is 2.25. The lowest BCUT2D eigenvalue weighted by Gasteiger charge is -2.07. The predicted molar refractivity (Wildman–Crippen MR) is 47.1 cm³/mol. The lowest BCUT2D eigenvalue weighted by atomic mass is 9.95. The molecule has 0 fully saturated rings. The van der Waals surface area contributed by atoms with E-state index in [4.69, 9.17) is 5.53 Å². The van der Waals surface area contributed by atoms with E-state index >= 15 is 0 Å². The second kappa shape index (κ2) is 4.48. The predicted octanol–water partition coefficient (Wildman–Crippen LogP) is 1.26. The highest BCUT2D eigenvalue weighted by Crippen LogP contribution is 2.17. The third-order valence-electron chi connectivity index (χ3n) is 1.88. The lowest BCUT2D eigenvalue weighted by Crippen LogP contribution is -2.18. The van der Waals surface area contributed by atoms with Crippen molar-refractivity contribution < 1.29 is 18.7 Å². The van der Waals surface area contributed by atoms with Crippen LogP contribution in [-0.2, 0) is 9.53 Å². The van der Waals surface area contributed by atoms with Crippen molar-refractivity contribution in [1.82, 2.24) is 0 Å². The largest absolute Gasteiger partial charge is 0.469 e. The fraction of sp³-hybridized carbons (Fsp3) is 0.333. The molecule has 0 aromatic rings. The topological polar surface area (TPSA) is 62.7 Å². The van der Waals surface area contributed by atoms with Gasteiger partial charge in [-0.25, -0.2) is 4.39 Å². The van der Waals surface area contributed by atoms with E-state index in [9.17, 15) is 9.18 Å². The summed E-state index contributed by atoms with van der Waals surface area (Å²) in [7, 11) is 1.26. The van der Waals surface area contributed by atoms with Gasteiger partial charge >= 0.3 is 11.7 Å². The highest BCUT2D eigenvalue weighted by atomic mass is 19.1. The molecule has 5 heteroatoms. The van der Waals surface area contributed by atoms with E-state index in [1.807, 2.05) is 0 Å². The zero-order valence-electron chi connectivity index (χ0n) is 7.61. The van der Waals surface area contributed by atoms with Crippen LogP contribution in [0.15, 0.2) is 24.1 Å². The summed E-state index contributed by atoms with van der Waals surface area (Å²) >= 11 is 0. The molecule has 4 nitrogen and oxygen atoms in total. The SMILES string of the molecule is COC(=O)CC1C=CC(F)=CC1=[N+]=[N-]. The zero-order chi connectivity index (χ0) is 10.6. The minimum atomic E-state index is -0.501. The van der Waals surface area contributed by atoms with Crippen molar-refractivity contribution >= 4 is 11.7 Å². The number of halogens is 1. The normalized spacial score (nSPS) is 20.0. The number of carbonyl (C=O) groups is 1. The number of esters is 1. The van der Waals surface area contributed by atoms with Crippen LogP contribution in [0.25, 0.3) is 5.53 Å². The van der Waals surface area contributed by atoms with Gasteiger partial charge in [0.25, 0.3) is 0 Å². The van der Waals surface area contributed by atoms with E-state index < -0.39 is 17.7 Å². The van der Waals surface area contributed by atoms with Crippen molar-refractivity contribution in [1.29, 1.82) is 0 Å². The molecule has 0 saturated carbocycles. The van der Waals surface area contributed by atoms with E-state index in [2.05, 4.69) is 9.53 Å². The molecule has 0 N–H and O–H groups in total. The van der Waals surface area contributed by atoms with Crippen LogP contribution in [0.5, 0.6) is 0 Å².